The van der Waals surface area contributed by atoms with Crippen LogP contribution in [0.2, 0.25) is 0 Å². The first kappa shape index (κ1) is 15.8. The minimum atomic E-state index is -1.69. The third-order valence-corrected chi connectivity index (χ3v) is 3.06. The van der Waals surface area contributed by atoms with E-state index in [-0.39, 0.29) is 13.0 Å². The number of carbonyl (C=O) groups is 2. The Morgan fingerprint density at radius 2 is 1.95 bits per heavy atom. The SMILES string of the molecule is CC#CCCC(C(=O)O)(C(=O)OCC)c1ccccc1. The molecule has 106 valence electrons. The molecule has 1 atom stereocenters. The summed E-state index contributed by atoms with van der Waals surface area (Å²) in [5.41, 5.74) is -1.27. The fourth-order valence-electron chi connectivity index (χ4n) is 2.03. The van der Waals surface area contributed by atoms with Crippen LogP contribution >= 0.6 is 0 Å². The zero-order chi connectivity index (χ0) is 15.0. The predicted molar refractivity (Wildman–Crippen MR) is 75.1 cm³/mol. The molecular weight excluding hydrogens is 256 g/mol. The van der Waals surface area contributed by atoms with E-state index in [9.17, 15) is 14.7 Å². The van der Waals surface area contributed by atoms with Gasteiger partial charge in [-0.15, -0.1) is 11.8 Å². The van der Waals surface area contributed by atoms with Crippen LogP contribution < -0.4 is 0 Å². The van der Waals surface area contributed by atoms with Gasteiger partial charge in [0, 0.05) is 6.42 Å². The van der Waals surface area contributed by atoms with Gasteiger partial charge in [0.15, 0.2) is 5.41 Å². The van der Waals surface area contributed by atoms with Gasteiger partial charge in [0.25, 0.3) is 0 Å². The Morgan fingerprint density at radius 3 is 2.45 bits per heavy atom. The Labute approximate surface area is 118 Å². The number of aliphatic carboxylic acids is 1. The van der Waals surface area contributed by atoms with Crippen molar-refractivity contribution in [1.82, 2.24) is 0 Å². The van der Waals surface area contributed by atoms with Gasteiger partial charge in [0.05, 0.1) is 6.61 Å². The van der Waals surface area contributed by atoms with Crippen molar-refractivity contribution in [2.75, 3.05) is 6.61 Å². The maximum absolute atomic E-state index is 12.3. The lowest BCUT2D eigenvalue weighted by molar-refractivity contribution is -0.162. The number of hydrogen-bond donors (Lipinski definition) is 1. The molecule has 0 amide bonds. The Morgan fingerprint density at radius 1 is 1.30 bits per heavy atom. The van der Waals surface area contributed by atoms with E-state index in [4.69, 9.17) is 4.74 Å². The highest BCUT2D eigenvalue weighted by atomic mass is 16.5. The quantitative estimate of drug-likeness (QED) is 0.491. The van der Waals surface area contributed by atoms with Gasteiger partial charge < -0.3 is 9.84 Å². The average Bonchev–Trinajstić information content (AvgIpc) is 2.44. The van der Waals surface area contributed by atoms with Crippen LogP contribution in [-0.4, -0.2) is 23.7 Å². The molecule has 1 N–H and O–H groups in total. The molecule has 0 fully saturated rings. The summed E-state index contributed by atoms with van der Waals surface area (Å²) in [6, 6.07) is 8.44. The van der Waals surface area contributed by atoms with Gasteiger partial charge in [-0.3, -0.25) is 9.59 Å². The van der Waals surface area contributed by atoms with E-state index in [0.29, 0.717) is 12.0 Å². The first-order valence-corrected chi connectivity index (χ1v) is 6.45. The number of ether oxygens (including phenoxy) is 1. The summed E-state index contributed by atoms with van der Waals surface area (Å²) in [5.74, 6) is 3.56. The van der Waals surface area contributed by atoms with E-state index in [1.807, 2.05) is 0 Å². The standard InChI is InChI=1S/C16H18O4/c1-3-5-9-12-16(14(17)18,15(19)20-4-2)13-10-7-6-8-11-13/h6-8,10-11H,4,9,12H2,1-2H3,(H,17,18). The molecule has 0 aliphatic rings. The van der Waals surface area contributed by atoms with Crippen molar-refractivity contribution < 1.29 is 19.4 Å². The smallest absolute Gasteiger partial charge is 0.328 e. The van der Waals surface area contributed by atoms with Crippen molar-refractivity contribution in [3.05, 3.63) is 35.9 Å². The Kier molecular flexibility index (Phi) is 5.79. The van der Waals surface area contributed by atoms with Crippen molar-refractivity contribution in [3.8, 4) is 11.8 Å². The molecule has 0 spiro atoms. The van der Waals surface area contributed by atoms with Crippen molar-refractivity contribution in [2.24, 2.45) is 0 Å². The second-order valence-corrected chi connectivity index (χ2v) is 4.22. The molecule has 0 bridgehead atoms. The molecular formula is C16H18O4. The van der Waals surface area contributed by atoms with Crippen LogP contribution in [0.5, 0.6) is 0 Å². The zero-order valence-corrected chi connectivity index (χ0v) is 11.7. The number of carbonyl (C=O) groups excluding carboxylic acids is 1. The lowest BCUT2D eigenvalue weighted by atomic mass is 9.76. The third-order valence-electron chi connectivity index (χ3n) is 3.06. The van der Waals surface area contributed by atoms with Crippen LogP contribution in [0.3, 0.4) is 0 Å². The predicted octanol–water partition coefficient (Wildman–Crippen LogP) is 2.38. The molecule has 1 aromatic rings. The van der Waals surface area contributed by atoms with Crippen molar-refractivity contribution in [1.29, 1.82) is 0 Å². The molecule has 0 radical (unpaired) electrons. The van der Waals surface area contributed by atoms with E-state index < -0.39 is 17.4 Å². The highest BCUT2D eigenvalue weighted by Gasteiger charge is 2.48. The summed E-state index contributed by atoms with van der Waals surface area (Å²) in [5, 5.41) is 9.62. The lowest BCUT2D eigenvalue weighted by Crippen LogP contribution is -2.45. The van der Waals surface area contributed by atoms with Gasteiger partial charge >= 0.3 is 11.9 Å². The summed E-state index contributed by atoms with van der Waals surface area (Å²) >= 11 is 0. The number of esters is 1. The van der Waals surface area contributed by atoms with E-state index in [2.05, 4.69) is 11.8 Å². The monoisotopic (exact) mass is 274 g/mol. The van der Waals surface area contributed by atoms with Crippen LogP contribution in [0, 0.1) is 11.8 Å². The number of rotatable bonds is 6. The molecule has 1 rings (SSSR count). The number of benzene rings is 1. The van der Waals surface area contributed by atoms with Crippen LogP contribution in [0.4, 0.5) is 0 Å². The Hall–Kier alpha value is -2.28. The molecule has 20 heavy (non-hydrogen) atoms. The van der Waals surface area contributed by atoms with E-state index in [0.717, 1.165) is 0 Å². The number of carboxylic acids is 1. The Bertz CT molecular complexity index is 524. The highest BCUT2D eigenvalue weighted by Crippen LogP contribution is 2.31. The van der Waals surface area contributed by atoms with Gasteiger partial charge in [0.2, 0.25) is 0 Å². The molecule has 0 saturated heterocycles. The second kappa shape index (κ2) is 7.34. The molecule has 0 aromatic heterocycles. The lowest BCUT2D eigenvalue weighted by Gasteiger charge is -2.27. The summed E-state index contributed by atoms with van der Waals surface area (Å²) in [4.78, 5) is 24.0. The van der Waals surface area contributed by atoms with Crippen LogP contribution in [0.1, 0.15) is 32.3 Å². The largest absolute Gasteiger partial charge is 0.480 e. The van der Waals surface area contributed by atoms with E-state index in [1.54, 1.807) is 44.2 Å². The molecule has 4 nitrogen and oxygen atoms in total. The van der Waals surface area contributed by atoms with Crippen molar-refractivity contribution in [2.45, 2.75) is 32.1 Å². The maximum atomic E-state index is 12.3. The van der Waals surface area contributed by atoms with Crippen molar-refractivity contribution in [3.63, 3.8) is 0 Å². The fourth-order valence-corrected chi connectivity index (χ4v) is 2.03. The minimum Gasteiger partial charge on any atom is -0.480 e. The van der Waals surface area contributed by atoms with E-state index >= 15 is 0 Å². The maximum Gasteiger partial charge on any atom is 0.328 e. The Balaban J connectivity index is 3.29. The summed E-state index contributed by atoms with van der Waals surface area (Å²) in [6.45, 7) is 3.47. The first-order valence-electron chi connectivity index (χ1n) is 6.45. The fraction of sp³-hybridized carbons (Fsp3) is 0.375. The average molecular weight is 274 g/mol. The third kappa shape index (κ3) is 3.18. The van der Waals surface area contributed by atoms with Crippen LogP contribution in [0.25, 0.3) is 0 Å². The minimum absolute atomic E-state index is 0.0893. The molecule has 0 heterocycles. The van der Waals surface area contributed by atoms with Crippen molar-refractivity contribution >= 4 is 11.9 Å². The first-order chi connectivity index (χ1) is 9.59. The summed E-state index contributed by atoms with van der Waals surface area (Å²) < 4.78 is 4.99. The second-order valence-electron chi connectivity index (χ2n) is 4.22. The van der Waals surface area contributed by atoms with Gasteiger partial charge in [0.1, 0.15) is 0 Å². The molecule has 1 aromatic carbocycles. The van der Waals surface area contributed by atoms with Gasteiger partial charge in [-0.25, -0.2) is 0 Å². The molecule has 0 saturated carbocycles. The van der Waals surface area contributed by atoms with Crippen LogP contribution in [0.15, 0.2) is 30.3 Å². The summed E-state index contributed by atoms with van der Waals surface area (Å²) in [7, 11) is 0. The molecule has 0 aliphatic heterocycles. The van der Waals surface area contributed by atoms with Gasteiger partial charge in [-0.05, 0) is 25.8 Å². The number of hydrogen-bond acceptors (Lipinski definition) is 3. The topological polar surface area (TPSA) is 63.6 Å². The van der Waals surface area contributed by atoms with Gasteiger partial charge in [-0.1, -0.05) is 30.3 Å². The van der Waals surface area contributed by atoms with Crippen LogP contribution in [-0.2, 0) is 19.7 Å². The summed E-state index contributed by atoms with van der Waals surface area (Å²) in [6.07, 6.45) is 0.405. The number of carboxylic acid groups (broad SMARTS) is 1. The normalized spacial score (nSPS) is 12.7. The van der Waals surface area contributed by atoms with E-state index in [1.165, 1.54) is 0 Å². The zero-order valence-electron chi connectivity index (χ0n) is 11.7. The molecule has 1 unspecified atom stereocenters. The highest BCUT2D eigenvalue weighted by molar-refractivity contribution is 6.05. The molecule has 0 aliphatic carbocycles. The van der Waals surface area contributed by atoms with Gasteiger partial charge in [-0.2, -0.15) is 0 Å². The molecule has 4 heteroatoms.